The molecule has 4 fully saturated rings. The van der Waals surface area contributed by atoms with Crippen molar-refractivity contribution in [2.24, 2.45) is 17.3 Å². The van der Waals surface area contributed by atoms with Crippen LogP contribution in [0.4, 0.5) is 20.2 Å². The average Bonchev–Trinajstić information content (AvgIpc) is 3.33. The van der Waals surface area contributed by atoms with E-state index in [-0.39, 0.29) is 42.2 Å². The summed E-state index contributed by atoms with van der Waals surface area (Å²) in [7, 11) is 0. The van der Waals surface area contributed by atoms with Gasteiger partial charge in [0.15, 0.2) is 5.69 Å². The van der Waals surface area contributed by atoms with Crippen LogP contribution in [0.2, 0.25) is 0 Å². The molecule has 8 rings (SSSR count). The number of aromatic nitrogens is 2. The summed E-state index contributed by atoms with van der Waals surface area (Å²) in [6.07, 6.45) is 5.90. The molecule has 3 aromatic rings. The number of benzene rings is 2. The predicted molar refractivity (Wildman–Crippen MR) is 182 cm³/mol. The lowest BCUT2D eigenvalue weighted by Gasteiger charge is -2.38. The first-order chi connectivity index (χ1) is 23.6. The van der Waals surface area contributed by atoms with Crippen LogP contribution in [-0.2, 0) is 22.4 Å². The third-order valence-electron chi connectivity index (χ3n) is 12.3. The maximum atomic E-state index is 14.3. The number of hydrogen-bond donors (Lipinski definition) is 3. The lowest BCUT2D eigenvalue weighted by molar-refractivity contribution is -0.134. The molecule has 3 atom stereocenters. The van der Waals surface area contributed by atoms with Crippen LogP contribution >= 0.6 is 0 Å². The van der Waals surface area contributed by atoms with Gasteiger partial charge in [-0.1, -0.05) is 31.2 Å². The Morgan fingerprint density at radius 1 is 0.939 bits per heavy atom. The number of fused-ring (bicyclic) bond motifs is 2. The molecule has 3 saturated heterocycles. The number of rotatable bonds is 7. The van der Waals surface area contributed by atoms with Crippen LogP contribution in [0, 0.1) is 17.3 Å². The highest BCUT2D eigenvalue weighted by Gasteiger charge is 2.78. The van der Waals surface area contributed by atoms with E-state index in [4.69, 9.17) is 0 Å². The highest BCUT2D eigenvalue weighted by Crippen LogP contribution is 2.70. The molecule has 2 aromatic carbocycles. The first kappa shape index (κ1) is 32.1. The minimum Gasteiger partial charge on any atom is -0.372 e. The van der Waals surface area contributed by atoms with Gasteiger partial charge in [0.05, 0.1) is 5.92 Å². The van der Waals surface area contributed by atoms with E-state index in [1.54, 1.807) is 6.92 Å². The van der Waals surface area contributed by atoms with Gasteiger partial charge >= 0.3 is 0 Å². The second-order valence-electron chi connectivity index (χ2n) is 15.2. The van der Waals surface area contributed by atoms with Crippen LogP contribution in [0.15, 0.2) is 48.5 Å². The Morgan fingerprint density at radius 2 is 1.63 bits per heavy atom. The van der Waals surface area contributed by atoms with Gasteiger partial charge in [-0.3, -0.25) is 24.8 Å². The van der Waals surface area contributed by atoms with Crippen molar-refractivity contribution in [3.63, 3.8) is 0 Å². The molecule has 3 aliphatic heterocycles. The van der Waals surface area contributed by atoms with E-state index in [9.17, 15) is 23.2 Å². The van der Waals surface area contributed by atoms with Crippen molar-refractivity contribution < 1.29 is 23.2 Å². The summed E-state index contributed by atoms with van der Waals surface area (Å²) < 4.78 is 28.6. The molecule has 2 aliphatic carbocycles. The second kappa shape index (κ2) is 12.3. The lowest BCUT2D eigenvalue weighted by atomic mass is 9.87. The van der Waals surface area contributed by atoms with Crippen LogP contribution in [0.5, 0.6) is 0 Å². The molecular formula is C38H44F2N6O3. The summed E-state index contributed by atoms with van der Waals surface area (Å²) in [4.78, 5) is 41.8. The molecule has 3 N–H and O–H groups in total. The molecular weight excluding hydrogens is 626 g/mol. The fourth-order valence-electron chi connectivity index (χ4n) is 8.94. The molecule has 0 spiro atoms. The Morgan fingerprint density at radius 3 is 2.33 bits per heavy atom. The molecule has 49 heavy (non-hydrogen) atoms. The van der Waals surface area contributed by atoms with Crippen LogP contribution < -0.4 is 15.5 Å². The van der Waals surface area contributed by atoms with Gasteiger partial charge in [-0.2, -0.15) is 5.10 Å². The van der Waals surface area contributed by atoms with Gasteiger partial charge in [0.1, 0.15) is 0 Å². The van der Waals surface area contributed by atoms with Gasteiger partial charge < -0.3 is 15.1 Å². The number of alkyl halides is 2. The monoisotopic (exact) mass is 670 g/mol. The second-order valence-corrected chi connectivity index (χ2v) is 15.2. The SMILES string of the molecule is CC12Cc3[nH]nc(C(=O)Nc4ccc(C5CCN(CC6CCN(c7ccc(C8CCC(=O)NC8=O)cc7)CC6)CC5)cc4)c3CC1C2(F)F. The maximum absolute atomic E-state index is 14.3. The zero-order valence-electron chi connectivity index (χ0n) is 27.9. The third-order valence-corrected chi connectivity index (χ3v) is 12.3. The van der Waals surface area contributed by atoms with Crippen LogP contribution in [0.1, 0.15) is 90.2 Å². The molecule has 258 valence electrons. The van der Waals surface area contributed by atoms with E-state index in [1.807, 2.05) is 24.3 Å². The van der Waals surface area contributed by atoms with Gasteiger partial charge in [0.25, 0.3) is 11.8 Å². The van der Waals surface area contributed by atoms with Gasteiger partial charge in [-0.15, -0.1) is 0 Å². The molecule has 5 aliphatic rings. The number of carbonyl (C=O) groups is 3. The van der Waals surface area contributed by atoms with Crippen molar-refractivity contribution >= 4 is 29.1 Å². The first-order valence-electron chi connectivity index (χ1n) is 17.9. The summed E-state index contributed by atoms with van der Waals surface area (Å²) in [5.74, 6) is -3.23. The van der Waals surface area contributed by atoms with Crippen molar-refractivity contribution in [3.05, 3.63) is 76.6 Å². The molecule has 0 radical (unpaired) electrons. The summed E-state index contributed by atoms with van der Waals surface area (Å²) in [6, 6.07) is 16.4. The average molecular weight is 671 g/mol. The summed E-state index contributed by atoms with van der Waals surface area (Å²) in [5, 5.41) is 12.4. The van der Waals surface area contributed by atoms with Crippen LogP contribution in [-0.4, -0.2) is 71.5 Å². The van der Waals surface area contributed by atoms with E-state index in [1.165, 1.54) is 11.3 Å². The van der Waals surface area contributed by atoms with Crippen molar-refractivity contribution in [2.75, 3.05) is 42.9 Å². The van der Waals surface area contributed by atoms with E-state index in [0.717, 1.165) is 64.0 Å². The molecule has 3 unspecified atom stereocenters. The zero-order chi connectivity index (χ0) is 33.9. The maximum Gasteiger partial charge on any atom is 0.276 e. The third kappa shape index (κ3) is 5.93. The van der Waals surface area contributed by atoms with Crippen molar-refractivity contribution in [2.45, 2.75) is 76.0 Å². The summed E-state index contributed by atoms with van der Waals surface area (Å²) >= 11 is 0. The number of halogens is 2. The molecule has 4 heterocycles. The number of amides is 3. The van der Waals surface area contributed by atoms with E-state index < -0.39 is 17.3 Å². The minimum absolute atomic E-state index is 0.180. The number of nitrogens with zero attached hydrogens (tertiary/aromatic N) is 3. The fourth-order valence-corrected chi connectivity index (χ4v) is 8.94. The van der Waals surface area contributed by atoms with Gasteiger partial charge in [0, 0.05) is 66.4 Å². The number of carbonyl (C=O) groups excluding carboxylic acids is 3. The number of piperidine rings is 3. The number of imide groups is 1. The Labute approximate surface area is 285 Å². The molecule has 0 bridgehead atoms. The molecule has 3 amide bonds. The number of aromatic amines is 1. The number of anilines is 2. The van der Waals surface area contributed by atoms with Gasteiger partial charge in [-0.05, 0) is 98.8 Å². The quantitative estimate of drug-likeness (QED) is 0.281. The topological polar surface area (TPSA) is 110 Å². The number of nitrogens with one attached hydrogen (secondary N) is 3. The number of likely N-dealkylation sites (tertiary alicyclic amines) is 1. The van der Waals surface area contributed by atoms with Crippen molar-refractivity contribution in [1.82, 2.24) is 20.4 Å². The van der Waals surface area contributed by atoms with Gasteiger partial charge in [0.2, 0.25) is 11.8 Å². The standard InChI is InChI=1S/C38H44F2N6O3/c1-37-21-31-30(20-32(37)38(37,39)40)34(44-43-31)36(49)41-27-6-2-24(3-7-27)25-14-16-45(17-15-25)22-23-12-18-46(19-13-23)28-8-4-26(5-9-28)29-10-11-33(47)42-35(29)48/h2-9,23,25,29,32H,10-22H2,1H3,(H,41,49)(H,43,44)(H,42,47,48). The fraction of sp³-hybridized carbons (Fsp3) is 0.526. The van der Waals surface area contributed by atoms with Gasteiger partial charge in [-0.25, -0.2) is 8.78 Å². The summed E-state index contributed by atoms with van der Waals surface area (Å²) in [5.41, 5.74) is 4.61. The zero-order valence-corrected chi connectivity index (χ0v) is 27.9. The molecule has 1 saturated carbocycles. The van der Waals surface area contributed by atoms with Crippen LogP contribution in [0.3, 0.4) is 0 Å². The van der Waals surface area contributed by atoms with Crippen molar-refractivity contribution in [1.29, 1.82) is 0 Å². The van der Waals surface area contributed by atoms with E-state index in [0.29, 0.717) is 41.6 Å². The highest BCUT2D eigenvalue weighted by molar-refractivity contribution is 6.04. The Kier molecular flexibility index (Phi) is 8.08. The largest absolute Gasteiger partial charge is 0.372 e. The Bertz CT molecular complexity index is 1740. The first-order valence-corrected chi connectivity index (χ1v) is 17.9. The van der Waals surface area contributed by atoms with E-state index in [2.05, 4.69) is 54.9 Å². The summed E-state index contributed by atoms with van der Waals surface area (Å²) in [6.45, 7) is 6.96. The molecule has 1 aromatic heterocycles. The molecule has 11 heteroatoms. The Balaban J connectivity index is 0.778. The predicted octanol–water partition coefficient (Wildman–Crippen LogP) is 5.65. The normalized spacial score (nSPS) is 27.3. The van der Waals surface area contributed by atoms with E-state index >= 15 is 0 Å². The lowest BCUT2D eigenvalue weighted by Crippen LogP contribution is -2.41. The minimum atomic E-state index is -2.69. The smallest absolute Gasteiger partial charge is 0.276 e. The Hall–Kier alpha value is -4.12. The number of hydrogen-bond acceptors (Lipinski definition) is 6. The van der Waals surface area contributed by atoms with Crippen LogP contribution in [0.25, 0.3) is 0 Å². The van der Waals surface area contributed by atoms with Crippen molar-refractivity contribution in [3.8, 4) is 0 Å². The highest BCUT2D eigenvalue weighted by atomic mass is 19.3. The number of H-pyrrole nitrogens is 1. The molecule has 9 nitrogen and oxygen atoms in total.